The summed E-state index contributed by atoms with van der Waals surface area (Å²) in [6.07, 6.45) is -4.36. The highest BCUT2D eigenvalue weighted by Gasteiger charge is 2.40. The van der Waals surface area contributed by atoms with Gasteiger partial charge in [0.15, 0.2) is 47.4 Å². The van der Waals surface area contributed by atoms with E-state index in [0.29, 0.717) is 16.9 Å². The van der Waals surface area contributed by atoms with Crippen molar-refractivity contribution in [1.82, 2.24) is 0 Å². The van der Waals surface area contributed by atoms with Gasteiger partial charge in [0, 0.05) is 17.7 Å². The van der Waals surface area contributed by atoms with Crippen LogP contribution >= 0.6 is 0 Å². The first-order chi connectivity index (χ1) is 19.8. The standard InChI is InChI=1S/C31H26O10/c32-14-26-30(17-6-8-20(34)23(10-17)38-15-16-4-2-1-3-5-16)40-22-9-7-18(11-24(22)39-26)31-29(37)28(36)27-21(35)12-19(33)13-25(27)41-31/h1-13,26,29-35,37H,14-15H2/t26?,29-,30?,31+/m0/s1. The summed E-state index contributed by atoms with van der Waals surface area (Å²) in [5.41, 5.74) is 1.69. The Morgan fingerprint density at radius 1 is 0.732 bits per heavy atom. The zero-order valence-electron chi connectivity index (χ0n) is 21.5. The van der Waals surface area contributed by atoms with E-state index in [-0.39, 0.29) is 40.9 Å². The number of ether oxygens (including phenoxy) is 4. The van der Waals surface area contributed by atoms with Crippen molar-refractivity contribution in [2.75, 3.05) is 6.61 Å². The van der Waals surface area contributed by atoms with E-state index < -0.39 is 42.6 Å². The Morgan fingerprint density at radius 3 is 2.24 bits per heavy atom. The monoisotopic (exact) mass is 558 g/mol. The van der Waals surface area contributed by atoms with Crippen LogP contribution in [0.4, 0.5) is 0 Å². The zero-order chi connectivity index (χ0) is 28.7. The third-order valence-corrected chi connectivity index (χ3v) is 7.02. The lowest BCUT2D eigenvalue weighted by atomic mass is 9.92. The molecule has 2 unspecified atom stereocenters. The van der Waals surface area contributed by atoms with E-state index in [1.807, 2.05) is 30.3 Å². The summed E-state index contributed by atoms with van der Waals surface area (Å²) in [5, 5.41) is 51.1. The van der Waals surface area contributed by atoms with Crippen LogP contribution in [-0.4, -0.2) is 50.1 Å². The summed E-state index contributed by atoms with van der Waals surface area (Å²) in [6.45, 7) is -0.154. The molecule has 0 fully saturated rings. The maximum absolute atomic E-state index is 12.8. The number of hydrogen-bond acceptors (Lipinski definition) is 10. The van der Waals surface area contributed by atoms with E-state index in [1.165, 1.54) is 18.2 Å². The fourth-order valence-corrected chi connectivity index (χ4v) is 4.97. The Kier molecular flexibility index (Phi) is 6.78. The molecule has 41 heavy (non-hydrogen) atoms. The van der Waals surface area contributed by atoms with Crippen LogP contribution in [0.15, 0.2) is 78.9 Å². The van der Waals surface area contributed by atoms with E-state index in [9.17, 15) is 30.3 Å². The van der Waals surface area contributed by atoms with E-state index in [2.05, 4.69) is 0 Å². The molecule has 4 atom stereocenters. The molecule has 6 rings (SSSR count). The van der Waals surface area contributed by atoms with Crippen molar-refractivity contribution < 1.29 is 49.3 Å². The lowest BCUT2D eigenvalue weighted by molar-refractivity contribution is -0.0131. The number of aliphatic hydroxyl groups is 2. The molecule has 0 spiro atoms. The van der Waals surface area contributed by atoms with Crippen molar-refractivity contribution in [3.63, 3.8) is 0 Å². The molecule has 2 heterocycles. The molecular weight excluding hydrogens is 532 g/mol. The smallest absolute Gasteiger partial charge is 0.202 e. The van der Waals surface area contributed by atoms with Gasteiger partial charge in [0.1, 0.15) is 29.4 Å². The minimum atomic E-state index is -1.63. The minimum absolute atomic E-state index is 0.0456. The summed E-state index contributed by atoms with van der Waals surface area (Å²) in [6, 6.07) is 21.2. The number of hydrogen-bond donors (Lipinski definition) is 5. The van der Waals surface area contributed by atoms with Crippen molar-refractivity contribution >= 4 is 5.78 Å². The van der Waals surface area contributed by atoms with E-state index >= 15 is 0 Å². The number of Topliss-reactive ketones (excluding diaryl/α,β-unsaturated/α-hetero) is 1. The van der Waals surface area contributed by atoms with Gasteiger partial charge < -0.3 is 44.5 Å². The van der Waals surface area contributed by atoms with Gasteiger partial charge in [-0.2, -0.15) is 0 Å². The van der Waals surface area contributed by atoms with Crippen LogP contribution in [0.2, 0.25) is 0 Å². The second kappa shape index (κ2) is 10.6. The highest BCUT2D eigenvalue weighted by Crippen LogP contribution is 2.46. The summed E-state index contributed by atoms with van der Waals surface area (Å²) in [4.78, 5) is 12.8. The number of benzene rings is 4. The van der Waals surface area contributed by atoms with Crippen LogP contribution in [0.1, 0.15) is 39.3 Å². The lowest BCUT2D eigenvalue weighted by Crippen LogP contribution is -2.37. The molecule has 10 heteroatoms. The Labute approximate surface area is 234 Å². The molecule has 0 aliphatic carbocycles. The topological polar surface area (TPSA) is 155 Å². The Balaban J connectivity index is 1.25. The van der Waals surface area contributed by atoms with Gasteiger partial charge in [0.05, 0.1) is 6.61 Å². The van der Waals surface area contributed by atoms with Gasteiger partial charge in [0.2, 0.25) is 5.78 Å². The van der Waals surface area contributed by atoms with Gasteiger partial charge in [-0.15, -0.1) is 0 Å². The molecule has 0 saturated carbocycles. The number of carbonyl (C=O) groups excluding carboxylic acids is 1. The highest BCUT2D eigenvalue weighted by molar-refractivity contribution is 6.05. The van der Waals surface area contributed by atoms with Crippen molar-refractivity contribution in [3.8, 4) is 40.2 Å². The first kappa shape index (κ1) is 26.3. The second-order valence-electron chi connectivity index (χ2n) is 9.77. The van der Waals surface area contributed by atoms with Crippen molar-refractivity contribution in [3.05, 3.63) is 101 Å². The number of fused-ring (bicyclic) bond motifs is 2. The van der Waals surface area contributed by atoms with Gasteiger partial charge >= 0.3 is 0 Å². The third-order valence-electron chi connectivity index (χ3n) is 7.02. The number of aliphatic hydroxyl groups excluding tert-OH is 2. The first-order valence-electron chi connectivity index (χ1n) is 12.8. The number of ketones is 1. The van der Waals surface area contributed by atoms with Crippen LogP contribution < -0.4 is 18.9 Å². The molecule has 0 bridgehead atoms. The number of carbonyl (C=O) groups is 1. The SMILES string of the molecule is O=C1c2c(O)cc(O)cc2O[C@H](c2ccc3c(c2)OC(CO)C(c2ccc(O)c(OCc4ccccc4)c2)O3)[C@H]1O. The Morgan fingerprint density at radius 2 is 1.46 bits per heavy atom. The molecule has 10 nitrogen and oxygen atoms in total. The zero-order valence-corrected chi connectivity index (χ0v) is 21.5. The Hall–Kier alpha value is -4.93. The second-order valence-corrected chi connectivity index (χ2v) is 9.77. The van der Waals surface area contributed by atoms with Crippen LogP contribution in [0.5, 0.6) is 40.2 Å². The third kappa shape index (κ3) is 4.94. The predicted octanol–water partition coefficient (Wildman–Crippen LogP) is 3.93. The van der Waals surface area contributed by atoms with Gasteiger partial charge in [0.25, 0.3) is 0 Å². The minimum Gasteiger partial charge on any atom is -0.508 e. The van der Waals surface area contributed by atoms with Crippen molar-refractivity contribution in [1.29, 1.82) is 0 Å². The van der Waals surface area contributed by atoms with Crippen molar-refractivity contribution in [2.45, 2.75) is 31.0 Å². The summed E-state index contributed by atoms with van der Waals surface area (Å²) >= 11 is 0. The Bertz CT molecular complexity index is 1600. The molecule has 2 aliphatic rings. The molecule has 0 saturated heterocycles. The first-order valence-corrected chi connectivity index (χ1v) is 12.8. The molecule has 0 amide bonds. The van der Waals surface area contributed by atoms with Crippen LogP contribution in [0, 0.1) is 0 Å². The average molecular weight is 559 g/mol. The van der Waals surface area contributed by atoms with E-state index in [4.69, 9.17) is 18.9 Å². The number of phenolic OH excluding ortho intramolecular Hbond substituents is 3. The largest absolute Gasteiger partial charge is 0.508 e. The van der Waals surface area contributed by atoms with Gasteiger partial charge in [-0.05, 0) is 35.4 Å². The molecule has 2 aliphatic heterocycles. The van der Waals surface area contributed by atoms with E-state index in [0.717, 1.165) is 11.6 Å². The predicted molar refractivity (Wildman–Crippen MR) is 144 cm³/mol. The maximum Gasteiger partial charge on any atom is 0.202 e. The number of aromatic hydroxyl groups is 3. The molecule has 0 radical (unpaired) electrons. The van der Waals surface area contributed by atoms with Crippen LogP contribution in [0.3, 0.4) is 0 Å². The normalized spacial score (nSPS) is 21.1. The maximum atomic E-state index is 12.8. The highest BCUT2D eigenvalue weighted by atomic mass is 16.6. The quantitative estimate of drug-likeness (QED) is 0.235. The molecule has 0 aromatic heterocycles. The van der Waals surface area contributed by atoms with E-state index in [1.54, 1.807) is 24.3 Å². The lowest BCUT2D eigenvalue weighted by Gasteiger charge is -2.35. The number of phenols is 3. The van der Waals surface area contributed by atoms with Crippen molar-refractivity contribution in [2.24, 2.45) is 0 Å². The fraction of sp³-hybridized carbons (Fsp3) is 0.194. The summed E-state index contributed by atoms with van der Waals surface area (Å²) in [7, 11) is 0. The van der Waals surface area contributed by atoms with Gasteiger partial charge in [-0.1, -0.05) is 42.5 Å². The van der Waals surface area contributed by atoms with Gasteiger partial charge in [-0.3, -0.25) is 4.79 Å². The summed E-state index contributed by atoms with van der Waals surface area (Å²) in [5.74, 6) is -0.817. The van der Waals surface area contributed by atoms with Crippen LogP contribution in [-0.2, 0) is 6.61 Å². The van der Waals surface area contributed by atoms with Crippen LogP contribution in [0.25, 0.3) is 0 Å². The molecular formula is C31H26O10. The molecule has 4 aromatic rings. The average Bonchev–Trinajstić information content (AvgIpc) is 2.97. The molecule has 5 N–H and O–H groups in total. The van der Waals surface area contributed by atoms with Gasteiger partial charge in [-0.25, -0.2) is 0 Å². The number of rotatable bonds is 6. The fourth-order valence-electron chi connectivity index (χ4n) is 4.97. The molecule has 210 valence electrons. The summed E-state index contributed by atoms with van der Waals surface area (Å²) < 4.78 is 23.9. The molecule has 4 aromatic carbocycles.